The largest absolute Gasteiger partial charge is 0.488 e. The van der Waals surface area contributed by atoms with Crippen molar-refractivity contribution < 1.29 is 40.6 Å². The average Bonchev–Trinajstić information content (AvgIpc) is 3.36. The Hall–Kier alpha value is -3.40. The van der Waals surface area contributed by atoms with Crippen LogP contribution in [0.1, 0.15) is 51.2 Å². The summed E-state index contributed by atoms with van der Waals surface area (Å²) in [6.45, 7) is 4.83. The number of benzene rings is 2. The summed E-state index contributed by atoms with van der Waals surface area (Å²) in [6.07, 6.45) is -1.31. The second-order valence-electron chi connectivity index (χ2n) is 8.15. The molecule has 0 aromatic heterocycles. The van der Waals surface area contributed by atoms with Crippen LogP contribution in [0.2, 0.25) is 5.02 Å². The van der Waals surface area contributed by atoms with Crippen LogP contribution in [-0.4, -0.2) is 19.4 Å². The first kappa shape index (κ1) is 31.8. The molecule has 0 atom stereocenters. The van der Waals surface area contributed by atoms with E-state index in [0.717, 1.165) is 13.3 Å². The molecule has 1 aliphatic rings. The number of halogens is 7. The maximum atomic E-state index is 14.1. The number of carbonyl (C=O) groups is 1. The zero-order chi connectivity index (χ0) is 29.3. The number of ether oxygens (including phenoxy) is 2. The zero-order valence-corrected chi connectivity index (χ0v) is 22.5. The van der Waals surface area contributed by atoms with Crippen molar-refractivity contribution in [2.24, 2.45) is 0 Å². The fourth-order valence-corrected chi connectivity index (χ4v) is 4.08. The lowest BCUT2D eigenvalue weighted by molar-refractivity contribution is -0.147. The van der Waals surface area contributed by atoms with Gasteiger partial charge in [0.25, 0.3) is 0 Å². The van der Waals surface area contributed by atoms with Crippen LogP contribution in [0, 0.1) is 17.5 Å². The highest BCUT2D eigenvalue weighted by Gasteiger charge is 2.27. The van der Waals surface area contributed by atoms with Crippen LogP contribution >= 0.6 is 11.6 Å². The molecule has 3 rings (SSSR count). The van der Waals surface area contributed by atoms with Crippen LogP contribution in [0.4, 0.5) is 26.3 Å². The van der Waals surface area contributed by atoms with E-state index in [9.17, 15) is 31.1 Å². The Balaban J connectivity index is 0.00000260. The van der Waals surface area contributed by atoms with E-state index in [1.807, 2.05) is 13.8 Å². The van der Waals surface area contributed by atoms with Crippen molar-refractivity contribution in [3.63, 3.8) is 0 Å². The van der Waals surface area contributed by atoms with Gasteiger partial charge in [-0.25, -0.2) is 18.0 Å². The molecule has 0 radical (unpaired) electrons. The Morgan fingerprint density at radius 3 is 2.31 bits per heavy atom. The summed E-state index contributed by atoms with van der Waals surface area (Å²) in [5, 5.41) is 1.65. The van der Waals surface area contributed by atoms with E-state index in [1.54, 1.807) is 0 Å². The van der Waals surface area contributed by atoms with Crippen molar-refractivity contribution in [3.05, 3.63) is 92.9 Å². The third-order valence-corrected chi connectivity index (χ3v) is 5.82. The third-order valence-electron chi connectivity index (χ3n) is 5.58. The van der Waals surface area contributed by atoms with Gasteiger partial charge in [0.05, 0.1) is 12.7 Å². The van der Waals surface area contributed by atoms with Crippen LogP contribution < -0.4 is 10.1 Å². The molecule has 0 saturated carbocycles. The number of carbonyl (C=O) groups excluding carboxylic acids is 1. The Morgan fingerprint density at radius 2 is 1.72 bits per heavy atom. The standard InChI is InChI=1S/C26H22ClF6NO3.C2H6/c1-14(25(35)36-2)8-15(12-34-26(31,32)33)18-4-3-5-19(18)20-9-16(27)6-7-24(20)37-13-21-22(29)10-17(28)11-23(21)30;1-2/h6-12,34H,3-5,13H2,1-2H3;1-2H3/b14-8+,15-12+;. The molecule has 0 aliphatic heterocycles. The van der Waals surface area contributed by atoms with Gasteiger partial charge in [-0.15, -0.1) is 0 Å². The van der Waals surface area contributed by atoms with Crippen molar-refractivity contribution in [1.29, 1.82) is 0 Å². The van der Waals surface area contributed by atoms with Gasteiger partial charge < -0.3 is 14.8 Å². The van der Waals surface area contributed by atoms with Crippen molar-refractivity contribution >= 4 is 23.1 Å². The van der Waals surface area contributed by atoms with E-state index < -0.39 is 41.9 Å². The van der Waals surface area contributed by atoms with Gasteiger partial charge in [0.15, 0.2) is 0 Å². The fourth-order valence-electron chi connectivity index (χ4n) is 3.91. The molecule has 212 valence electrons. The Kier molecular flexibility index (Phi) is 11.5. The van der Waals surface area contributed by atoms with Gasteiger partial charge in [0.2, 0.25) is 0 Å². The van der Waals surface area contributed by atoms with E-state index in [-0.39, 0.29) is 16.9 Å². The molecule has 1 N–H and O–H groups in total. The number of esters is 1. The lowest BCUT2D eigenvalue weighted by atomic mass is 9.95. The molecule has 0 heterocycles. The van der Waals surface area contributed by atoms with Gasteiger partial charge >= 0.3 is 12.3 Å². The highest BCUT2D eigenvalue weighted by Crippen LogP contribution is 2.43. The number of hydrogen-bond donors (Lipinski definition) is 1. The fraction of sp³-hybridized carbons (Fsp3) is 0.321. The molecule has 11 heteroatoms. The number of methoxy groups -OCH3 is 1. The van der Waals surface area contributed by atoms with Crippen molar-refractivity contribution in [2.75, 3.05) is 7.11 Å². The highest BCUT2D eigenvalue weighted by molar-refractivity contribution is 6.30. The molecule has 0 bridgehead atoms. The molecule has 0 unspecified atom stereocenters. The van der Waals surface area contributed by atoms with Gasteiger partial charge in [0.1, 0.15) is 29.8 Å². The van der Waals surface area contributed by atoms with Gasteiger partial charge in [-0.1, -0.05) is 25.4 Å². The molecule has 0 amide bonds. The van der Waals surface area contributed by atoms with Gasteiger partial charge in [-0.3, -0.25) is 0 Å². The molecule has 2 aromatic carbocycles. The maximum Gasteiger partial charge on any atom is 0.481 e. The summed E-state index contributed by atoms with van der Waals surface area (Å²) in [6, 6.07) is 5.54. The number of allylic oxidation sites excluding steroid dienone is 4. The summed E-state index contributed by atoms with van der Waals surface area (Å²) in [4.78, 5) is 11.9. The molecule has 1 aliphatic carbocycles. The predicted molar refractivity (Wildman–Crippen MR) is 137 cm³/mol. The molecule has 0 fully saturated rings. The van der Waals surface area contributed by atoms with Crippen LogP contribution in [-0.2, 0) is 16.1 Å². The minimum Gasteiger partial charge on any atom is -0.488 e. The maximum absolute atomic E-state index is 14.1. The molecule has 4 nitrogen and oxygen atoms in total. The average molecular weight is 576 g/mol. The van der Waals surface area contributed by atoms with Gasteiger partial charge in [-0.2, -0.15) is 13.2 Å². The lowest BCUT2D eigenvalue weighted by Gasteiger charge is -2.17. The third kappa shape index (κ3) is 8.81. The minimum absolute atomic E-state index is 0.0707. The van der Waals surface area contributed by atoms with Crippen LogP contribution in [0.5, 0.6) is 5.75 Å². The first-order chi connectivity index (χ1) is 18.4. The second kappa shape index (κ2) is 14.1. The van der Waals surface area contributed by atoms with E-state index in [0.29, 0.717) is 53.1 Å². The summed E-state index contributed by atoms with van der Waals surface area (Å²) in [5.41, 5.74) is 1.16. The number of nitrogens with one attached hydrogen (secondary N) is 1. The molecule has 2 aromatic rings. The van der Waals surface area contributed by atoms with Crippen molar-refractivity contribution in [2.45, 2.75) is 52.9 Å². The number of alkyl halides is 3. The molecule has 39 heavy (non-hydrogen) atoms. The summed E-state index contributed by atoms with van der Waals surface area (Å²) in [5.74, 6) is -3.87. The Morgan fingerprint density at radius 1 is 1.08 bits per heavy atom. The predicted octanol–water partition coefficient (Wildman–Crippen LogP) is 8.41. The summed E-state index contributed by atoms with van der Waals surface area (Å²) < 4.78 is 90.6. The Bertz CT molecular complexity index is 1260. The van der Waals surface area contributed by atoms with Gasteiger partial charge in [0, 0.05) is 34.5 Å². The lowest BCUT2D eigenvalue weighted by Crippen LogP contribution is -2.26. The Labute approximate surface area is 227 Å². The van der Waals surface area contributed by atoms with E-state index in [1.165, 1.54) is 36.5 Å². The summed E-state index contributed by atoms with van der Waals surface area (Å²) in [7, 11) is 1.15. The SMILES string of the molecule is CC.COC(=O)/C(C)=C/C(=C\NC(F)(F)F)C1=C(c2cc(Cl)ccc2OCc2c(F)cc(F)cc2F)CCC1. The topological polar surface area (TPSA) is 47.6 Å². The van der Waals surface area contributed by atoms with E-state index in [2.05, 4.69) is 4.74 Å². The van der Waals surface area contributed by atoms with Crippen molar-refractivity contribution in [1.82, 2.24) is 5.32 Å². The molecule has 0 saturated heterocycles. The van der Waals surface area contributed by atoms with Crippen LogP contribution in [0.25, 0.3) is 5.57 Å². The van der Waals surface area contributed by atoms with Crippen LogP contribution in [0.15, 0.2) is 59.3 Å². The monoisotopic (exact) mass is 575 g/mol. The first-order valence-corrected chi connectivity index (χ1v) is 12.4. The quantitative estimate of drug-likeness (QED) is 0.113. The number of hydrogen-bond acceptors (Lipinski definition) is 4. The number of rotatable bonds is 8. The van der Waals surface area contributed by atoms with Crippen molar-refractivity contribution in [3.8, 4) is 5.75 Å². The zero-order valence-electron chi connectivity index (χ0n) is 21.7. The second-order valence-corrected chi connectivity index (χ2v) is 8.58. The normalized spacial score (nSPS) is 14.1. The summed E-state index contributed by atoms with van der Waals surface area (Å²) >= 11 is 6.18. The van der Waals surface area contributed by atoms with Crippen LogP contribution in [0.3, 0.4) is 0 Å². The molecular weight excluding hydrogens is 548 g/mol. The highest BCUT2D eigenvalue weighted by atomic mass is 35.5. The minimum atomic E-state index is -4.72. The smallest absolute Gasteiger partial charge is 0.481 e. The van der Waals surface area contributed by atoms with E-state index >= 15 is 0 Å². The first-order valence-electron chi connectivity index (χ1n) is 12.0. The molecular formula is C28H28ClF6NO3. The van der Waals surface area contributed by atoms with Gasteiger partial charge in [-0.05, 0) is 67.2 Å². The molecule has 0 spiro atoms. The van der Waals surface area contributed by atoms with E-state index in [4.69, 9.17) is 16.3 Å².